The molecular formula is C17H22ClN5O3S. The fraction of sp³-hybridized carbons (Fsp3) is 0.412. The van der Waals surface area contributed by atoms with Gasteiger partial charge in [-0.2, -0.15) is 0 Å². The number of nitrogen functional groups attached to an aromatic ring is 1. The third-order valence-electron chi connectivity index (χ3n) is 4.08. The van der Waals surface area contributed by atoms with Gasteiger partial charge in [0, 0.05) is 10.6 Å². The third kappa shape index (κ3) is 5.36. The Morgan fingerprint density at radius 1 is 1.33 bits per heavy atom. The smallest absolute Gasteiger partial charge is 0.328 e. The number of ether oxygens (including phenoxy) is 1. The number of thioether (sulfide) groups is 1. The Hall–Kier alpha value is -2.26. The molecule has 0 saturated carbocycles. The lowest BCUT2D eigenvalue weighted by molar-refractivity contribution is -0.146. The van der Waals surface area contributed by atoms with Crippen LogP contribution in [0, 0.1) is 5.92 Å². The summed E-state index contributed by atoms with van der Waals surface area (Å²) in [5.41, 5.74) is 0.758. The zero-order chi connectivity index (χ0) is 20.0. The highest BCUT2D eigenvalue weighted by Gasteiger charge is 2.26. The van der Waals surface area contributed by atoms with Crippen molar-refractivity contribution in [2.24, 2.45) is 5.92 Å². The minimum Gasteiger partial charge on any atom is -0.467 e. The van der Waals surface area contributed by atoms with E-state index in [4.69, 9.17) is 22.2 Å². The second-order valence-electron chi connectivity index (χ2n) is 5.93. The summed E-state index contributed by atoms with van der Waals surface area (Å²) in [6.45, 7) is 3.82. The minimum atomic E-state index is -0.687. The predicted octanol–water partition coefficient (Wildman–Crippen LogP) is 2.11. The number of halogens is 1. The number of hydrogen-bond donors (Lipinski definition) is 2. The maximum atomic E-state index is 12.2. The first-order valence-corrected chi connectivity index (χ1v) is 9.70. The third-order valence-corrected chi connectivity index (χ3v) is 5.28. The molecule has 0 spiro atoms. The average Bonchev–Trinajstić information content (AvgIpc) is 3.04. The number of hydrogen-bond acceptors (Lipinski definition) is 7. The second kappa shape index (κ2) is 9.61. The zero-order valence-corrected chi connectivity index (χ0v) is 16.9. The standard InChI is InChI=1S/C17H22ClN5O3S/c1-4-10(2)14(16(25)26-3)20-13(24)9-27-17-22-21-15(23(17)19)11-5-7-12(18)8-6-11/h5-8,10,14H,4,9,19H2,1-3H3,(H,20,24)/t10-,14+/m1/s1. The van der Waals surface area contributed by atoms with Gasteiger partial charge in [0.1, 0.15) is 6.04 Å². The molecule has 0 radical (unpaired) electrons. The van der Waals surface area contributed by atoms with Gasteiger partial charge in [-0.05, 0) is 30.2 Å². The number of nitrogens with one attached hydrogen (secondary N) is 1. The van der Waals surface area contributed by atoms with Crippen LogP contribution in [0.2, 0.25) is 5.02 Å². The highest BCUT2D eigenvalue weighted by Crippen LogP contribution is 2.23. The number of carbonyl (C=O) groups excluding carboxylic acids is 2. The average molecular weight is 412 g/mol. The van der Waals surface area contributed by atoms with Gasteiger partial charge < -0.3 is 15.9 Å². The highest BCUT2D eigenvalue weighted by atomic mass is 35.5. The first kappa shape index (κ1) is 21.0. The summed E-state index contributed by atoms with van der Waals surface area (Å²) in [6, 6.07) is 6.34. The molecular weight excluding hydrogens is 390 g/mol. The van der Waals surface area contributed by atoms with E-state index in [9.17, 15) is 9.59 Å². The first-order valence-electron chi connectivity index (χ1n) is 8.33. The predicted molar refractivity (Wildman–Crippen MR) is 105 cm³/mol. The maximum absolute atomic E-state index is 12.2. The molecule has 2 atom stereocenters. The van der Waals surface area contributed by atoms with Gasteiger partial charge in [-0.3, -0.25) is 4.79 Å². The molecule has 2 aromatic rings. The molecule has 1 aromatic carbocycles. The van der Waals surface area contributed by atoms with Gasteiger partial charge in [-0.1, -0.05) is 43.6 Å². The number of carbonyl (C=O) groups is 2. The van der Waals surface area contributed by atoms with Crippen molar-refractivity contribution < 1.29 is 14.3 Å². The van der Waals surface area contributed by atoms with Crippen LogP contribution in [0.1, 0.15) is 20.3 Å². The molecule has 10 heteroatoms. The van der Waals surface area contributed by atoms with Crippen molar-refractivity contribution in [3.05, 3.63) is 29.3 Å². The molecule has 0 aliphatic heterocycles. The van der Waals surface area contributed by atoms with Crippen LogP contribution in [0.15, 0.2) is 29.4 Å². The lowest BCUT2D eigenvalue weighted by Crippen LogP contribution is -2.46. The Morgan fingerprint density at radius 3 is 2.59 bits per heavy atom. The Labute approximate surface area is 166 Å². The van der Waals surface area contributed by atoms with E-state index in [-0.39, 0.29) is 17.6 Å². The van der Waals surface area contributed by atoms with E-state index in [1.165, 1.54) is 11.8 Å². The SMILES string of the molecule is CC[C@@H](C)[C@H](NC(=O)CSc1nnc(-c2ccc(Cl)cc2)n1N)C(=O)OC. The summed E-state index contributed by atoms with van der Waals surface area (Å²) in [5, 5.41) is 11.8. The largest absolute Gasteiger partial charge is 0.467 e. The van der Waals surface area contributed by atoms with Crippen molar-refractivity contribution in [3.8, 4) is 11.4 Å². The number of nitrogens with zero attached hydrogens (tertiary/aromatic N) is 3. The van der Waals surface area contributed by atoms with Crippen molar-refractivity contribution in [1.29, 1.82) is 0 Å². The normalized spacial score (nSPS) is 13.0. The Kier molecular flexibility index (Phi) is 7.49. The molecule has 27 heavy (non-hydrogen) atoms. The summed E-state index contributed by atoms with van der Waals surface area (Å²) >= 11 is 7.01. The molecule has 1 heterocycles. The molecule has 1 amide bonds. The van der Waals surface area contributed by atoms with Crippen LogP contribution in [0.5, 0.6) is 0 Å². The van der Waals surface area contributed by atoms with Gasteiger partial charge >= 0.3 is 5.97 Å². The van der Waals surface area contributed by atoms with Crippen LogP contribution in [0.25, 0.3) is 11.4 Å². The molecule has 0 aliphatic rings. The number of nitrogens with two attached hydrogens (primary N) is 1. The van der Waals surface area contributed by atoms with Crippen LogP contribution in [0.4, 0.5) is 0 Å². The molecule has 3 N–H and O–H groups in total. The lowest BCUT2D eigenvalue weighted by Gasteiger charge is -2.21. The van der Waals surface area contributed by atoms with Gasteiger partial charge in [0.2, 0.25) is 11.1 Å². The van der Waals surface area contributed by atoms with Crippen molar-refractivity contribution in [3.63, 3.8) is 0 Å². The number of rotatable bonds is 8. The zero-order valence-electron chi connectivity index (χ0n) is 15.3. The molecule has 8 nitrogen and oxygen atoms in total. The van der Waals surface area contributed by atoms with E-state index in [0.29, 0.717) is 16.0 Å². The maximum Gasteiger partial charge on any atom is 0.328 e. The van der Waals surface area contributed by atoms with Crippen LogP contribution in [-0.4, -0.2) is 45.7 Å². The molecule has 0 aliphatic carbocycles. The van der Waals surface area contributed by atoms with Crippen molar-refractivity contribution >= 4 is 35.2 Å². The Balaban J connectivity index is 2.01. The van der Waals surface area contributed by atoms with E-state index < -0.39 is 12.0 Å². The van der Waals surface area contributed by atoms with Gasteiger partial charge in [0.05, 0.1) is 12.9 Å². The first-order chi connectivity index (χ1) is 12.9. The summed E-state index contributed by atoms with van der Waals surface area (Å²) < 4.78 is 6.08. The summed E-state index contributed by atoms with van der Waals surface area (Å²) in [5.74, 6) is 5.72. The van der Waals surface area contributed by atoms with E-state index in [1.807, 2.05) is 13.8 Å². The van der Waals surface area contributed by atoms with Crippen LogP contribution < -0.4 is 11.2 Å². The van der Waals surface area contributed by atoms with Gasteiger partial charge in [-0.25, -0.2) is 9.47 Å². The molecule has 0 bridgehead atoms. The van der Waals surface area contributed by atoms with E-state index in [1.54, 1.807) is 24.3 Å². The molecule has 146 valence electrons. The van der Waals surface area contributed by atoms with Gasteiger partial charge in [0.15, 0.2) is 5.82 Å². The van der Waals surface area contributed by atoms with Crippen LogP contribution >= 0.6 is 23.4 Å². The molecule has 2 rings (SSSR count). The monoisotopic (exact) mass is 411 g/mol. The van der Waals surface area contributed by atoms with Gasteiger partial charge in [-0.15, -0.1) is 10.2 Å². The van der Waals surface area contributed by atoms with Gasteiger partial charge in [0.25, 0.3) is 0 Å². The molecule has 0 saturated heterocycles. The quantitative estimate of drug-likeness (QED) is 0.388. The topological polar surface area (TPSA) is 112 Å². The van der Waals surface area contributed by atoms with E-state index >= 15 is 0 Å². The Bertz CT molecular complexity index is 796. The van der Waals surface area contributed by atoms with Crippen molar-refractivity contribution in [2.75, 3.05) is 18.7 Å². The number of aromatic nitrogens is 3. The van der Waals surface area contributed by atoms with Crippen molar-refractivity contribution in [1.82, 2.24) is 20.2 Å². The summed E-state index contributed by atoms with van der Waals surface area (Å²) in [7, 11) is 1.30. The number of methoxy groups -OCH3 is 1. The second-order valence-corrected chi connectivity index (χ2v) is 7.30. The molecule has 0 fully saturated rings. The number of esters is 1. The van der Waals surface area contributed by atoms with Crippen molar-refractivity contribution in [2.45, 2.75) is 31.5 Å². The fourth-order valence-corrected chi connectivity index (χ4v) is 3.11. The number of amides is 1. The fourth-order valence-electron chi connectivity index (χ4n) is 2.31. The Morgan fingerprint density at radius 2 is 2.00 bits per heavy atom. The molecule has 0 unspecified atom stereocenters. The minimum absolute atomic E-state index is 0.0407. The molecule has 1 aromatic heterocycles. The van der Waals surface area contributed by atoms with Crippen LogP contribution in [0.3, 0.4) is 0 Å². The van der Waals surface area contributed by atoms with E-state index in [0.717, 1.165) is 23.7 Å². The summed E-state index contributed by atoms with van der Waals surface area (Å²) in [6.07, 6.45) is 0.731. The highest BCUT2D eigenvalue weighted by molar-refractivity contribution is 7.99. The summed E-state index contributed by atoms with van der Waals surface area (Å²) in [4.78, 5) is 24.1. The van der Waals surface area contributed by atoms with E-state index in [2.05, 4.69) is 15.5 Å². The van der Waals surface area contributed by atoms with Crippen LogP contribution in [-0.2, 0) is 14.3 Å². The lowest BCUT2D eigenvalue weighted by atomic mass is 9.99. The number of benzene rings is 1.